The number of anilines is 1. The van der Waals surface area contributed by atoms with Crippen molar-refractivity contribution in [1.82, 2.24) is 9.97 Å². The molecule has 7 heteroatoms. The molecule has 0 spiro atoms. The van der Waals surface area contributed by atoms with Crippen molar-refractivity contribution in [2.45, 2.75) is 12.0 Å². The summed E-state index contributed by atoms with van der Waals surface area (Å²) >= 11 is 11.5. The SMILES string of the molecule is OC1(CNc2nc(Cl)ncc2Cl)CCOC1. The number of aromatic nitrogens is 2. The van der Waals surface area contributed by atoms with Gasteiger partial charge in [-0.3, -0.25) is 0 Å². The maximum atomic E-state index is 10.0. The van der Waals surface area contributed by atoms with Gasteiger partial charge in [0.25, 0.3) is 0 Å². The lowest BCUT2D eigenvalue weighted by molar-refractivity contribution is 0.0381. The zero-order chi connectivity index (χ0) is 11.6. The van der Waals surface area contributed by atoms with Crippen LogP contribution in [-0.2, 0) is 4.74 Å². The van der Waals surface area contributed by atoms with Crippen LogP contribution in [0.15, 0.2) is 6.20 Å². The Bertz CT molecular complexity index is 383. The van der Waals surface area contributed by atoms with Gasteiger partial charge in [-0.05, 0) is 11.6 Å². The summed E-state index contributed by atoms with van der Waals surface area (Å²) in [7, 11) is 0. The van der Waals surface area contributed by atoms with Crippen molar-refractivity contribution in [2.24, 2.45) is 0 Å². The average molecular weight is 264 g/mol. The second kappa shape index (κ2) is 4.71. The maximum Gasteiger partial charge on any atom is 0.224 e. The molecular weight excluding hydrogens is 253 g/mol. The molecule has 88 valence electrons. The van der Waals surface area contributed by atoms with Crippen LogP contribution in [0.2, 0.25) is 10.3 Å². The molecule has 1 atom stereocenters. The Labute approximate surface area is 103 Å². The van der Waals surface area contributed by atoms with Gasteiger partial charge in [0.1, 0.15) is 16.4 Å². The first kappa shape index (κ1) is 11.9. The Morgan fingerprint density at radius 2 is 2.38 bits per heavy atom. The fourth-order valence-electron chi connectivity index (χ4n) is 1.45. The molecule has 2 heterocycles. The Balaban J connectivity index is 2.01. The van der Waals surface area contributed by atoms with Crippen LogP contribution in [0.5, 0.6) is 0 Å². The van der Waals surface area contributed by atoms with Crippen molar-refractivity contribution in [1.29, 1.82) is 0 Å². The summed E-state index contributed by atoms with van der Waals surface area (Å²) in [4.78, 5) is 7.66. The Morgan fingerprint density at radius 1 is 1.56 bits per heavy atom. The van der Waals surface area contributed by atoms with Crippen LogP contribution in [0.3, 0.4) is 0 Å². The normalized spacial score (nSPS) is 24.7. The maximum absolute atomic E-state index is 10.0. The van der Waals surface area contributed by atoms with Gasteiger partial charge in [0.15, 0.2) is 0 Å². The Kier molecular flexibility index (Phi) is 3.49. The summed E-state index contributed by atoms with van der Waals surface area (Å²) in [6.07, 6.45) is 2.00. The number of hydrogen-bond acceptors (Lipinski definition) is 5. The van der Waals surface area contributed by atoms with Crippen LogP contribution in [0.25, 0.3) is 0 Å². The van der Waals surface area contributed by atoms with E-state index in [0.717, 1.165) is 0 Å². The minimum absolute atomic E-state index is 0.113. The van der Waals surface area contributed by atoms with Crippen LogP contribution >= 0.6 is 23.2 Å². The van der Waals surface area contributed by atoms with Gasteiger partial charge in [-0.15, -0.1) is 0 Å². The van der Waals surface area contributed by atoms with Crippen molar-refractivity contribution in [3.05, 3.63) is 16.5 Å². The van der Waals surface area contributed by atoms with Gasteiger partial charge in [-0.2, -0.15) is 4.98 Å². The molecule has 1 saturated heterocycles. The number of nitrogens with one attached hydrogen (secondary N) is 1. The van der Waals surface area contributed by atoms with E-state index in [1.165, 1.54) is 6.20 Å². The summed E-state index contributed by atoms with van der Waals surface area (Å²) < 4.78 is 5.12. The second-order valence-corrected chi connectivity index (χ2v) is 4.46. The summed E-state index contributed by atoms with van der Waals surface area (Å²) in [5, 5.41) is 13.4. The van der Waals surface area contributed by atoms with E-state index >= 15 is 0 Å². The molecule has 1 aromatic heterocycles. The number of aliphatic hydroxyl groups is 1. The van der Waals surface area contributed by atoms with Gasteiger partial charge < -0.3 is 15.2 Å². The number of hydrogen-bond donors (Lipinski definition) is 2. The largest absolute Gasteiger partial charge is 0.386 e. The van der Waals surface area contributed by atoms with Gasteiger partial charge in [-0.25, -0.2) is 4.98 Å². The summed E-state index contributed by atoms with van der Waals surface area (Å²) in [6.45, 7) is 1.20. The Morgan fingerprint density at radius 3 is 3.06 bits per heavy atom. The highest BCUT2D eigenvalue weighted by Crippen LogP contribution is 2.23. The standard InChI is InChI=1S/C9H11Cl2N3O2/c10-6-3-12-8(11)14-7(6)13-4-9(15)1-2-16-5-9/h3,15H,1-2,4-5H2,(H,12,13,14). The van der Waals surface area contributed by atoms with E-state index < -0.39 is 5.60 Å². The zero-order valence-electron chi connectivity index (χ0n) is 8.41. The van der Waals surface area contributed by atoms with Crippen molar-refractivity contribution in [3.63, 3.8) is 0 Å². The van der Waals surface area contributed by atoms with Gasteiger partial charge >= 0.3 is 0 Å². The first-order chi connectivity index (χ1) is 7.59. The highest BCUT2D eigenvalue weighted by Gasteiger charge is 2.32. The third-order valence-corrected chi connectivity index (χ3v) is 2.84. The topological polar surface area (TPSA) is 67.3 Å². The summed E-state index contributed by atoms with van der Waals surface area (Å²) in [5.74, 6) is 0.419. The van der Waals surface area contributed by atoms with Gasteiger partial charge in [0.05, 0.1) is 12.8 Å². The minimum Gasteiger partial charge on any atom is -0.386 e. The predicted octanol–water partition coefficient (Wildman–Crippen LogP) is 1.35. The quantitative estimate of drug-likeness (QED) is 0.806. The molecule has 2 N–H and O–H groups in total. The van der Waals surface area contributed by atoms with E-state index in [2.05, 4.69) is 15.3 Å². The van der Waals surface area contributed by atoms with Crippen LogP contribution in [0.1, 0.15) is 6.42 Å². The lowest BCUT2D eigenvalue weighted by Crippen LogP contribution is -2.37. The summed E-state index contributed by atoms with van der Waals surface area (Å²) in [5.41, 5.74) is -0.860. The number of ether oxygens (including phenoxy) is 1. The molecule has 0 aromatic carbocycles. The molecule has 1 aliphatic rings. The van der Waals surface area contributed by atoms with E-state index in [1.54, 1.807) is 0 Å². The fraction of sp³-hybridized carbons (Fsp3) is 0.556. The van der Waals surface area contributed by atoms with Gasteiger partial charge in [0.2, 0.25) is 5.28 Å². The molecule has 1 aliphatic heterocycles. The molecule has 16 heavy (non-hydrogen) atoms. The molecule has 1 unspecified atom stereocenters. The molecule has 1 fully saturated rings. The van der Waals surface area contributed by atoms with Gasteiger partial charge in [-0.1, -0.05) is 11.6 Å². The van der Waals surface area contributed by atoms with Crippen molar-refractivity contribution < 1.29 is 9.84 Å². The fourth-order valence-corrected chi connectivity index (χ4v) is 1.74. The van der Waals surface area contributed by atoms with Crippen molar-refractivity contribution in [2.75, 3.05) is 25.1 Å². The molecule has 0 bridgehead atoms. The van der Waals surface area contributed by atoms with Crippen LogP contribution in [0.4, 0.5) is 5.82 Å². The predicted molar refractivity (Wildman–Crippen MR) is 60.9 cm³/mol. The number of nitrogens with zero attached hydrogens (tertiary/aromatic N) is 2. The van der Waals surface area contributed by atoms with E-state index in [9.17, 15) is 5.11 Å². The third kappa shape index (κ3) is 2.74. The Hall–Kier alpha value is -0.620. The monoisotopic (exact) mass is 263 g/mol. The lowest BCUT2D eigenvalue weighted by atomic mass is 10.0. The van der Waals surface area contributed by atoms with E-state index in [0.29, 0.717) is 37.0 Å². The number of halogens is 2. The van der Waals surface area contributed by atoms with Crippen molar-refractivity contribution >= 4 is 29.0 Å². The molecule has 1 aromatic rings. The van der Waals surface area contributed by atoms with Crippen LogP contribution in [-0.4, -0.2) is 40.4 Å². The highest BCUT2D eigenvalue weighted by molar-refractivity contribution is 6.33. The van der Waals surface area contributed by atoms with E-state index in [-0.39, 0.29) is 5.28 Å². The minimum atomic E-state index is -0.860. The molecule has 2 rings (SSSR count). The molecular formula is C9H11Cl2N3O2. The van der Waals surface area contributed by atoms with Crippen molar-refractivity contribution in [3.8, 4) is 0 Å². The first-order valence-electron chi connectivity index (χ1n) is 4.81. The molecule has 0 amide bonds. The number of rotatable bonds is 3. The molecule has 0 saturated carbocycles. The van der Waals surface area contributed by atoms with Crippen LogP contribution in [0, 0.1) is 0 Å². The lowest BCUT2D eigenvalue weighted by Gasteiger charge is -2.21. The second-order valence-electron chi connectivity index (χ2n) is 3.72. The zero-order valence-corrected chi connectivity index (χ0v) is 9.92. The third-order valence-electron chi connectivity index (χ3n) is 2.38. The highest BCUT2D eigenvalue weighted by atomic mass is 35.5. The molecule has 0 aliphatic carbocycles. The molecule has 0 radical (unpaired) electrons. The van der Waals surface area contributed by atoms with Crippen LogP contribution < -0.4 is 5.32 Å². The smallest absolute Gasteiger partial charge is 0.224 e. The average Bonchev–Trinajstić information content (AvgIpc) is 2.67. The van der Waals surface area contributed by atoms with E-state index in [1.807, 2.05) is 0 Å². The van der Waals surface area contributed by atoms with E-state index in [4.69, 9.17) is 27.9 Å². The first-order valence-corrected chi connectivity index (χ1v) is 5.57. The molecule has 5 nitrogen and oxygen atoms in total. The summed E-state index contributed by atoms with van der Waals surface area (Å²) in [6, 6.07) is 0. The van der Waals surface area contributed by atoms with Gasteiger partial charge in [0, 0.05) is 19.6 Å².